The van der Waals surface area contributed by atoms with Crippen LogP contribution in [0.4, 0.5) is 11.9 Å². The van der Waals surface area contributed by atoms with Gasteiger partial charge in [-0.25, -0.2) is 23.2 Å². The van der Waals surface area contributed by atoms with E-state index in [1.807, 2.05) is 0 Å². The molecule has 4 aromatic rings. The molecule has 0 aliphatic carbocycles. The quantitative estimate of drug-likeness (QED) is 0.0482. The van der Waals surface area contributed by atoms with Crippen LogP contribution in [-0.2, 0) is 43.4 Å². The van der Waals surface area contributed by atoms with Crippen LogP contribution in [0, 0.1) is 0 Å². The molecule has 0 aromatic carbocycles. The second kappa shape index (κ2) is 13.9. The van der Waals surface area contributed by atoms with Crippen molar-refractivity contribution in [1.82, 2.24) is 34.1 Å². The Morgan fingerprint density at radius 2 is 1.58 bits per heavy atom. The number of hydrogen-bond donors (Lipinski definition) is 11. The molecule has 2 aliphatic heterocycles. The lowest BCUT2D eigenvalue weighted by Gasteiger charge is -2.21. The number of phosphoric ester groups is 1. The summed E-state index contributed by atoms with van der Waals surface area (Å²) in [4.78, 5) is 71.0. The van der Waals surface area contributed by atoms with E-state index in [0.717, 1.165) is 10.9 Å². The third-order valence-corrected chi connectivity index (χ3v) is 14.3. The van der Waals surface area contributed by atoms with E-state index in [1.165, 1.54) is 22.5 Å². The lowest BCUT2D eigenvalue weighted by atomic mass is 10.1. The Morgan fingerprint density at radius 1 is 0.923 bits per heavy atom. The number of aliphatic hydroxyl groups excluding tert-OH is 4. The highest BCUT2D eigenvalue weighted by Gasteiger charge is 2.50. The van der Waals surface area contributed by atoms with E-state index in [4.69, 9.17) is 20.9 Å². The van der Waals surface area contributed by atoms with Gasteiger partial charge in [-0.15, -0.1) is 0 Å². The van der Waals surface area contributed by atoms with Crippen molar-refractivity contribution in [2.75, 3.05) is 23.8 Å². The molecule has 2 aliphatic rings. The monoisotopic (exact) mass is 819 g/mol. The maximum absolute atomic E-state index is 12.7. The molecule has 5 unspecified atom stereocenters. The Labute approximate surface area is 291 Å². The molecular weight excluding hydrogens is 789 g/mol. The topological polar surface area (TPSA) is 409 Å². The van der Waals surface area contributed by atoms with Gasteiger partial charge in [0.1, 0.15) is 30.5 Å². The normalized spacial score (nSPS) is 30.1. The summed E-state index contributed by atoms with van der Waals surface area (Å²) in [7, 11) is -10.1. The zero-order valence-electron chi connectivity index (χ0n) is 26.0. The summed E-state index contributed by atoms with van der Waals surface area (Å²) >= 11 is -0.0783. The number of aryl methyl sites for hydroxylation is 1. The minimum absolute atomic E-state index is 0.0315. The number of anilines is 2. The summed E-state index contributed by atoms with van der Waals surface area (Å²) in [5, 5.41) is 42.2. The Bertz CT molecular complexity index is 2280. The number of nitrogens with one attached hydrogen (secondary N) is 2. The van der Waals surface area contributed by atoms with Crippen LogP contribution in [0.25, 0.3) is 22.3 Å². The van der Waals surface area contributed by atoms with E-state index in [-0.39, 0.29) is 45.6 Å². The number of nitrogens with two attached hydrogens (primary N) is 2. The minimum atomic E-state index is -5.90. The second-order valence-corrected chi connectivity index (χ2v) is 18.4. The van der Waals surface area contributed by atoms with E-state index < -0.39 is 95.0 Å². The van der Waals surface area contributed by atoms with Crippen molar-refractivity contribution in [2.45, 2.75) is 49.1 Å². The van der Waals surface area contributed by atoms with Crippen molar-refractivity contribution >= 4 is 68.0 Å². The lowest BCUT2D eigenvalue weighted by Crippen LogP contribution is -2.46. The van der Waals surface area contributed by atoms with Crippen molar-refractivity contribution in [3.8, 4) is 0 Å². The average molecular weight is 820 g/mol. The number of phosphoric acid groups is 2. The summed E-state index contributed by atoms with van der Waals surface area (Å²) in [6, 6.07) is 0. The first-order valence-corrected chi connectivity index (χ1v) is 20.5. The van der Waals surface area contributed by atoms with Gasteiger partial charge in [0.05, 0.1) is 26.1 Å². The number of fused-ring (bicyclic) bond motifs is 2. The molecule has 0 amide bonds. The third-order valence-electron chi connectivity index (χ3n) is 7.68. The molecule has 2 fully saturated rings. The summed E-state index contributed by atoms with van der Waals surface area (Å²) in [6.07, 6.45) is -10.5. The van der Waals surface area contributed by atoms with Crippen molar-refractivity contribution in [1.29, 1.82) is 0 Å². The fourth-order valence-electron chi connectivity index (χ4n) is 5.44. The molecule has 286 valence electrons. The van der Waals surface area contributed by atoms with Gasteiger partial charge in [0.25, 0.3) is 17.1 Å². The fraction of sp³-hybridized carbons (Fsp3) is 0.524. The highest BCUT2D eigenvalue weighted by atomic mass is 32.7. The Hall–Kier alpha value is -3.14. The van der Waals surface area contributed by atoms with E-state index in [9.17, 15) is 58.4 Å². The highest BCUT2D eigenvalue weighted by Crippen LogP contribution is 2.71. The van der Waals surface area contributed by atoms with Gasteiger partial charge in [-0.3, -0.25) is 33.2 Å². The number of nitrogens with zero attached hydrogens (tertiary/aromatic N) is 6. The smallest absolute Gasteiger partial charge is 0.387 e. The maximum atomic E-state index is 12.7. The molecule has 4 aromatic heterocycles. The molecule has 6 heterocycles. The average Bonchev–Trinajstić information content (AvgIpc) is 3.74. The van der Waals surface area contributed by atoms with Crippen LogP contribution >= 0.6 is 33.8 Å². The van der Waals surface area contributed by atoms with Crippen LogP contribution in [0.5, 0.6) is 0 Å². The molecule has 31 heteroatoms. The van der Waals surface area contributed by atoms with Gasteiger partial charge >= 0.3 is 28.1 Å². The number of nitrogen functional groups attached to an aromatic ring is 2. The zero-order valence-corrected chi connectivity index (χ0v) is 29.5. The molecule has 0 radical (unpaired) electrons. The standard InChI is InChI=1S/C21H29N10O17P3S/c1-29-5-31(15-9(29)17(37)28-21(23)26-15)19-13(35)11(33)7(46-19)3-52-51(42,43)48-50(40,41)47-49(38,39)44-2-6-10(32)12(34)18(45-6)30-4-24-8-14(30)25-20(22)27-16(8)36/h4-7,10-13,18-19,32-35H,2-3H2,1H3,(H8-,22,23,25,26,27,28,36,37,38,39,40,41,42,43)/p+1/t6-,7-,10+,11?,12?,13+,18-,19-/m1/s1. The first-order chi connectivity index (χ1) is 24.2. The Kier molecular flexibility index (Phi) is 10.3. The Morgan fingerprint density at radius 3 is 2.29 bits per heavy atom. The molecule has 2 saturated heterocycles. The molecule has 6 rings (SSSR count). The largest absolute Gasteiger partial charge is 0.488 e. The highest BCUT2D eigenvalue weighted by molar-refractivity contribution is 8.55. The van der Waals surface area contributed by atoms with Crippen LogP contribution in [-0.4, -0.2) is 118 Å². The number of imidazole rings is 2. The van der Waals surface area contributed by atoms with Crippen molar-refractivity contribution < 1.29 is 76.0 Å². The molecule has 13 N–H and O–H groups in total. The third kappa shape index (κ3) is 7.60. The van der Waals surface area contributed by atoms with Gasteiger partial charge in [-0.1, -0.05) is 4.98 Å². The fourth-order valence-corrected chi connectivity index (χ4v) is 11.4. The number of aromatic amines is 2. The first kappa shape index (κ1) is 38.6. The molecule has 11 atom stereocenters. The molecule has 52 heavy (non-hydrogen) atoms. The van der Waals surface area contributed by atoms with E-state index in [2.05, 4.69) is 38.1 Å². The van der Waals surface area contributed by atoms with Crippen molar-refractivity contribution in [3.63, 3.8) is 0 Å². The molecule has 0 spiro atoms. The van der Waals surface area contributed by atoms with Crippen LogP contribution in [0.1, 0.15) is 12.5 Å². The number of aromatic nitrogens is 8. The lowest BCUT2D eigenvalue weighted by molar-refractivity contribution is -0.745. The van der Waals surface area contributed by atoms with Crippen molar-refractivity contribution in [3.05, 3.63) is 33.4 Å². The predicted octanol–water partition coefficient (Wildman–Crippen LogP) is -3.83. The van der Waals surface area contributed by atoms with Crippen molar-refractivity contribution in [2.24, 2.45) is 7.05 Å². The van der Waals surface area contributed by atoms with E-state index in [0.29, 0.717) is 0 Å². The van der Waals surface area contributed by atoms with Gasteiger partial charge in [-0.05, 0) is 11.4 Å². The number of H-pyrrole nitrogens is 2. The van der Waals surface area contributed by atoms with Gasteiger partial charge in [-0.2, -0.15) is 13.6 Å². The number of rotatable bonds is 12. The first-order valence-electron chi connectivity index (χ1n) is 14.4. The van der Waals surface area contributed by atoms with Gasteiger partial charge < -0.3 is 56.0 Å². The maximum Gasteiger partial charge on any atom is 0.488 e. The number of aliphatic hydroxyl groups is 4. The number of ether oxygens (including phenoxy) is 2. The van der Waals surface area contributed by atoms with E-state index >= 15 is 0 Å². The summed E-state index contributed by atoms with van der Waals surface area (Å²) < 4.78 is 65.3. The van der Waals surface area contributed by atoms with Gasteiger partial charge in [0, 0.05) is 5.75 Å². The Balaban J connectivity index is 1.05. The molecule has 0 saturated carbocycles. The minimum Gasteiger partial charge on any atom is -0.387 e. The second-order valence-electron chi connectivity index (χ2n) is 11.3. The van der Waals surface area contributed by atoms with Gasteiger partial charge in [0.15, 0.2) is 23.7 Å². The summed E-state index contributed by atoms with van der Waals surface area (Å²) in [6.45, 7) is -6.34. The molecule has 27 nitrogen and oxygen atoms in total. The molecular formula is C21H30N10O17P3S+. The van der Waals surface area contributed by atoms with Crippen LogP contribution in [0.3, 0.4) is 0 Å². The van der Waals surface area contributed by atoms with Crippen LogP contribution in [0.15, 0.2) is 22.2 Å². The zero-order chi connectivity index (χ0) is 38.1. The van der Waals surface area contributed by atoms with Crippen LogP contribution < -0.4 is 27.2 Å². The van der Waals surface area contributed by atoms with Crippen LogP contribution in [0.2, 0.25) is 0 Å². The summed E-state index contributed by atoms with van der Waals surface area (Å²) in [5.74, 6) is -1.23. The SMILES string of the molecule is Cn1c[n+]([C@@H]2O[C@H](CSP(=O)(O)OP(=O)(O)OP(=O)(O)OC[C@H]3O[C@@H](n4cnc5c(=O)[nH]c(N)nc54)C(O)[C@H]3O)C(O)[C@@H]2O)c2nc(N)[nH]c(=O)c21. The summed E-state index contributed by atoms with van der Waals surface area (Å²) in [5.41, 5.74) is 9.50. The van der Waals surface area contributed by atoms with E-state index in [1.54, 1.807) is 0 Å². The predicted molar refractivity (Wildman–Crippen MR) is 170 cm³/mol. The van der Waals surface area contributed by atoms with Gasteiger partial charge in [0.2, 0.25) is 17.7 Å². The number of hydrogen-bond acceptors (Lipinski definition) is 20. The molecule has 0 bridgehead atoms.